The van der Waals surface area contributed by atoms with E-state index in [1.165, 1.54) is 0 Å². The Bertz CT molecular complexity index is 775. The van der Waals surface area contributed by atoms with E-state index in [4.69, 9.17) is 9.47 Å². The van der Waals surface area contributed by atoms with Crippen molar-refractivity contribution in [3.63, 3.8) is 0 Å². The first kappa shape index (κ1) is 20.8. The third kappa shape index (κ3) is 5.25. The highest BCUT2D eigenvalue weighted by atomic mass is 16.5. The fraction of sp³-hybridized carbons (Fsp3) is 0.524. The van der Waals surface area contributed by atoms with Gasteiger partial charge >= 0.3 is 0 Å². The first-order chi connectivity index (χ1) is 12.8. The minimum absolute atomic E-state index is 0.0982. The van der Waals surface area contributed by atoms with Crippen LogP contribution in [0.1, 0.15) is 56.2 Å². The summed E-state index contributed by atoms with van der Waals surface area (Å²) in [6.45, 7) is 13.7. The molecule has 2 aromatic rings. The van der Waals surface area contributed by atoms with Crippen LogP contribution in [0, 0.1) is 6.92 Å². The number of rotatable bonds is 8. The summed E-state index contributed by atoms with van der Waals surface area (Å²) in [4.78, 5) is 12.5. The first-order valence-electron chi connectivity index (χ1n) is 9.49. The van der Waals surface area contributed by atoms with Gasteiger partial charge in [0.2, 0.25) is 0 Å². The average Bonchev–Trinajstić information content (AvgIpc) is 2.99. The van der Waals surface area contributed by atoms with Gasteiger partial charge in [0.1, 0.15) is 0 Å². The van der Waals surface area contributed by atoms with Gasteiger partial charge in [0, 0.05) is 12.2 Å². The zero-order chi connectivity index (χ0) is 20.0. The van der Waals surface area contributed by atoms with E-state index in [1.807, 2.05) is 43.7 Å². The van der Waals surface area contributed by atoms with Gasteiger partial charge in [-0.25, -0.2) is 0 Å². The van der Waals surface area contributed by atoms with Gasteiger partial charge in [0.05, 0.1) is 30.5 Å². The first-order valence-corrected chi connectivity index (χ1v) is 9.49. The minimum Gasteiger partial charge on any atom is -0.490 e. The summed E-state index contributed by atoms with van der Waals surface area (Å²) in [5.41, 5.74) is 2.43. The molecule has 1 aromatic heterocycles. The Morgan fingerprint density at radius 3 is 2.41 bits per heavy atom. The molecule has 6 nitrogen and oxygen atoms in total. The maximum absolute atomic E-state index is 12.5. The molecule has 0 bridgehead atoms. The van der Waals surface area contributed by atoms with E-state index in [-0.39, 0.29) is 11.4 Å². The van der Waals surface area contributed by atoms with Crippen molar-refractivity contribution >= 4 is 5.91 Å². The van der Waals surface area contributed by atoms with Crippen molar-refractivity contribution in [3.8, 4) is 11.5 Å². The number of aromatic nitrogens is 2. The molecule has 0 aliphatic heterocycles. The van der Waals surface area contributed by atoms with Gasteiger partial charge in [-0.15, -0.1) is 0 Å². The van der Waals surface area contributed by atoms with Crippen LogP contribution >= 0.6 is 0 Å². The van der Waals surface area contributed by atoms with Gasteiger partial charge in [-0.05, 0) is 65.7 Å². The molecule has 0 spiro atoms. The Balaban J connectivity index is 1.99. The average molecular weight is 373 g/mol. The molecule has 27 heavy (non-hydrogen) atoms. The summed E-state index contributed by atoms with van der Waals surface area (Å²) in [5.74, 6) is 1.39. The molecular weight excluding hydrogens is 342 g/mol. The largest absolute Gasteiger partial charge is 0.490 e. The number of carbonyl (C=O) groups is 1. The second-order valence-electron chi connectivity index (χ2n) is 7.38. The van der Waals surface area contributed by atoms with Crippen LogP contribution < -0.4 is 14.8 Å². The number of hydrogen-bond acceptors (Lipinski definition) is 4. The lowest BCUT2D eigenvalue weighted by molar-refractivity contribution is 0.0953. The number of nitrogens with one attached hydrogen (secondary N) is 1. The summed E-state index contributed by atoms with van der Waals surface area (Å²) < 4.78 is 13.1. The van der Waals surface area contributed by atoms with Crippen molar-refractivity contribution < 1.29 is 14.3 Å². The zero-order valence-electron chi connectivity index (χ0n) is 17.3. The summed E-state index contributed by atoms with van der Waals surface area (Å²) in [7, 11) is 0. The lowest BCUT2D eigenvalue weighted by Gasteiger charge is -2.21. The highest BCUT2D eigenvalue weighted by molar-refractivity contribution is 5.95. The van der Waals surface area contributed by atoms with E-state index in [0.717, 1.165) is 22.8 Å². The number of nitrogens with zero attached hydrogens (tertiary/aromatic N) is 2. The van der Waals surface area contributed by atoms with Gasteiger partial charge < -0.3 is 14.8 Å². The molecule has 1 N–H and O–H groups in total. The summed E-state index contributed by atoms with van der Waals surface area (Å²) in [6, 6.07) is 5.90. The Labute approximate surface area is 161 Å². The molecule has 0 atom stereocenters. The highest BCUT2D eigenvalue weighted by Gasteiger charge is 2.21. The summed E-state index contributed by atoms with van der Waals surface area (Å²) in [6.07, 6.45) is 2.35. The maximum Gasteiger partial charge on any atom is 0.254 e. The van der Waals surface area contributed by atoms with E-state index in [2.05, 4.69) is 31.2 Å². The Kier molecular flexibility index (Phi) is 6.88. The normalized spacial score (nSPS) is 11.3. The van der Waals surface area contributed by atoms with Crippen LogP contribution in [0.5, 0.6) is 11.5 Å². The zero-order valence-corrected chi connectivity index (χ0v) is 17.3. The van der Waals surface area contributed by atoms with Gasteiger partial charge in [-0.2, -0.15) is 5.10 Å². The summed E-state index contributed by atoms with van der Waals surface area (Å²) >= 11 is 0. The Morgan fingerprint density at radius 1 is 1.15 bits per heavy atom. The van der Waals surface area contributed by atoms with Crippen LogP contribution in [0.3, 0.4) is 0 Å². The fourth-order valence-corrected chi connectivity index (χ4v) is 2.98. The molecule has 0 saturated heterocycles. The van der Waals surface area contributed by atoms with Crippen LogP contribution in [0.2, 0.25) is 0 Å². The number of hydrogen-bond donors (Lipinski definition) is 1. The van der Waals surface area contributed by atoms with E-state index in [9.17, 15) is 4.79 Å². The lowest BCUT2D eigenvalue weighted by atomic mass is 10.1. The molecule has 0 unspecified atom stereocenters. The van der Waals surface area contributed by atoms with Crippen LogP contribution in [-0.4, -0.2) is 35.4 Å². The number of ether oxygens (including phenoxy) is 2. The molecule has 1 heterocycles. The lowest BCUT2D eigenvalue weighted by Crippen LogP contribution is -2.28. The highest BCUT2D eigenvalue weighted by Crippen LogP contribution is 2.28. The SMILES string of the molecule is CCOc1ccc(CCNC(=O)c2cnn(C(C)(C)C)c2C)cc1OCC. The van der Waals surface area contributed by atoms with Gasteiger partial charge in [-0.3, -0.25) is 9.48 Å². The number of carbonyl (C=O) groups excluding carboxylic acids is 1. The molecule has 0 radical (unpaired) electrons. The van der Waals surface area contributed by atoms with Crippen LogP contribution in [0.15, 0.2) is 24.4 Å². The second kappa shape index (κ2) is 8.93. The van der Waals surface area contributed by atoms with E-state index < -0.39 is 0 Å². The number of benzene rings is 1. The van der Waals surface area contributed by atoms with Crippen LogP contribution in [0.25, 0.3) is 0 Å². The Morgan fingerprint density at radius 2 is 1.81 bits per heavy atom. The molecule has 148 valence electrons. The molecule has 0 aliphatic rings. The maximum atomic E-state index is 12.5. The van der Waals surface area contributed by atoms with Crippen molar-refractivity contribution in [1.82, 2.24) is 15.1 Å². The molecule has 0 aliphatic carbocycles. The monoisotopic (exact) mass is 373 g/mol. The second-order valence-corrected chi connectivity index (χ2v) is 7.38. The molecule has 0 fully saturated rings. The van der Waals surface area contributed by atoms with Crippen LogP contribution in [0.4, 0.5) is 0 Å². The van der Waals surface area contributed by atoms with Crippen LogP contribution in [-0.2, 0) is 12.0 Å². The van der Waals surface area contributed by atoms with Crippen molar-refractivity contribution in [2.45, 2.75) is 53.5 Å². The van der Waals surface area contributed by atoms with E-state index >= 15 is 0 Å². The fourth-order valence-electron chi connectivity index (χ4n) is 2.98. The predicted octanol–water partition coefficient (Wildman–Crippen LogP) is 3.72. The summed E-state index contributed by atoms with van der Waals surface area (Å²) in [5, 5.41) is 7.34. The third-order valence-corrected chi connectivity index (χ3v) is 4.20. The molecule has 2 rings (SSSR count). The van der Waals surface area contributed by atoms with Crippen molar-refractivity contribution in [1.29, 1.82) is 0 Å². The van der Waals surface area contributed by atoms with Gasteiger partial charge in [0.15, 0.2) is 11.5 Å². The van der Waals surface area contributed by atoms with Gasteiger partial charge in [-0.1, -0.05) is 6.07 Å². The third-order valence-electron chi connectivity index (χ3n) is 4.20. The topological polar surface area (TPSA) is 65.4 Å². The van der Waals surface area contributed by atoms with Crippen molar-refractivity contribution in [2.24, 2.45) is 0 Å². The van der Waals surface area contributed by atoms with Gasteiger partial charge in [0.25, 0.3) is 5.91 Å². The molecule has 1 aromatic carbocycles. The van der Waals surface area contributed by atoms with Crippen molar-refractivity contribution in [2.75, 3.05) is 19.8 Å². The van der Waals surface area contributed by atoms with E-state index in [0.29, 0.717) is 31.7 Å². The van der Waals surface area contributed by atoms with Crippen molar-refractivity contribution in [3.05, 3.63) is 41.2 Å². The quantitative estimate of drug-likeness (QED) is 0.766. The predicted molar refractivity (Wildman–Crippen MR) is 107 cm³/mol. The smallest absolute Gasteiger partial charge is 0.254 e. The molecular formula is C21H31N3O3. The molecule has 1 amide bonds. The Hall–Kier alpha value is -2.50. The number of amides is 1. The van der Waals surface area contributed by atoms with E-state index in [1.54, 1.807) is 6.20 Å². The molecule has 6 heteroatoms. The standard InChI is InChI=1S/C21H31N3O3/c1-7-26-18-10-9-16(13-19(18)27-8-2)11-12-22-20(25)17-14-23-24(15(17)3)21(4,5)6/h9-10,13-14H,7-8,11-12H2,1-6H3,(H,22,25). The minimum atomic E-state index is -0.152. The molecule has 0 saturated carbocycles.